The molecule has 0 aromatic heterocycles. The molecule has 0 saturated carbocycles. The molecule has 1 atom stereocenters. The van der Waals surface area contributed by atoms with E-state index in [1.165, 1.54) is 6.92 Å². The summed E-state index contributed by atoms with van der Waals surface area (Å²) in [6, 6.07) is 7.50. The van der Waals surface area contributed by atoms with Crippen molar-refractivity contribution in [1.82, 2.24) is 0 Å². The van der Waals surface area contributed by atoms with Gasteiger partial charge in [0.2, 0.25) is 0 Å². The summed E-state index contributed by atoms with van der Waals surface area (Å²) in [7, 11) is 0. The van der Waals surface area contributed by atoms with Crippen molar-refractivity contribution in [1.29, 1.82) is 0 Å². The van der Waals surface area contributed by atoms with Crippen LogP contribution in [-0.2, 0) is 4.79 Å². The summed E-state index contributed by atoms with van der Waals surface area (Å²) in [6.07, 6.45) is -0.00554. The van der Waals surface area contributed by atoms with Gasteiger partial charge >= 0.3 is 0 Å². The average molecular weight is 316 g/mol. The highest BCUT2D eigenvalue weighted by atomic mass is 19.2. The number of rotatable bonds is 4. The first-order valence-electron chi connectivity index (χ1n) is 7.58. The summed E-state index contributed by atoms with van der Waals surface area (Å²) in [6.45, 7) is 8.91. The lowest BCUT2D eigenvalue weighted by molar-refractivity contribution is -0.113. The quantitative estimate of drug-likeness (QED) is 0.682. The Kier molecular flexibility index (Phi) is 4.90. The second-order valence-corrected chi connectivity index (χ2v) is 5.98. The van der Waals surface area contributed by atoms with E-state index >= 15 is 0 Å². The predicted molar refractivity (Wildman–Crippen MR) is 89.6 cm³/mol. The van der Waals surface area contributed by atoms with Crippen LogP contribution in [-0.4, -0.2) is 29.3 Å². The highest BCUT2D eigenvalue weighted by Gasteiger charge is 2.41. The van der Waals surface area contributed by atoms with Crippen LogP contribution in [0.25, 0.3) is 0 Å². The molecule has 1 aromatic carbocycles. The maximum Gasteiger partial charge on any atom is 0.250 e. The van der Waals surface area contributed by atoms with Crippen molar-refractivity contribution in [2.24, 2.45) is 9.98 Å². The van der Waals surface area contributed by atoms with Crippen molar-refractivity contribution in [3.63, 3.8) is 0 Å². The first kappa shape index (κ1) is 17.2. The van der Waals surface area contributed by atoms with E-state index in [4.69, 9.17) is 0 Å². The summed E-state index contributed by atoms with van der Waals surface area (Å²) >= 11 is 0. The molecule has 1 aromatic rings. The van der Waals surface area contributed by atoms with E-state index in [0.717, 1.165) is 11.1 Å². The van der Waals surface area contributed by atoms with Crippen LogP contribution in [0.5, 0.6) is 0 Å². The third kappa shape index (κ3) is 3.45. The van der Waals surface area contributed by atoms with E-state index < -0.39 is 5.85 Å². The second kappa shape index (κ2) is 6.54. The molecule has 1 aliphatic rings. The first-order chi connectivity index (χ1) is 10.8. The normalized spacial score (nSPS) is 21.9. The zero-order valence-electron chi connectivity index (χ0n) is 13.6. The molecule has 1 unspecified atom stereocenters. The van der Waals surface area contributed by atoms with Crippen LogP contribution < -0.4 is 0 Å². The number of aliphatic hydroxyl groups is 1. The van der Waals surface area contributed by atoms with Gasteiger partial charge in [-0.05, 0) is 31.5 Å². The minimum atomic E-state index is -2.61. The van der Waals surface area contributed by atoms with Gasteiger partial charge in [0.25, 0.3) is 5.85 Å². The van der Waals surface area contributed by atoms with E-state index in [9.17, 15) is 14.3 Å². The zero-order valence-corrected chi connectivity index (χ0v) is 13.6. The molecule has 1 aliphatic carbocycles. The lowest BCUT2D eigenvalue weighted by Crippen LogP contribution is -2.21. The van der Waals surface area contributed by atoms with Gasteiger partial charge in [0.1, 0.15) is 5.70 Å². The number of amidine groups is 1. The van der Waals surface area contributed by atoms with Crippen LogP contribution in [0, 0.1) is 0 Å². The minimum absolute atomic E-state index is 0.164. The van der Waals surface area contributed by atoms with Gasteiger partial charge in [-0.2, -0.15) is 0 Å². The summed E-state index contributed by atoms with van der Waals surface area (Å²) in [5.41, 5.74) is 1.67. The molecule has 0 spiro atoms. The Hall–Kier alpha value is -2.14. The van der Waals surface area contributed by atoms with Gasteiger partial charge in [-0.1, -0.05) is 38.1 Å². The number of Topliss-reactive ketones (excluding diaryl/α,β-unsaturated/α-hetero) is 1. The SMILES string of the molecule is C=NC(=NC1=C(C(C)=O)CCC1(O)F)c1ccccc1C(C)C. The van der Waals surface area contributed by atoms with Crippen molar-refractivity contribution in [3.8, 4) is 0 Å². The highest BCUT2D eigenvalue weighted by molar-refractivity contribution is 6.04. The van der Waals surface area contributed by atoms with Crippen molar-refractivity contribution in [2.75, 3.05) is 0 Å². The Labute approximate surface area is 135 Å². The monoisotopic (exact) mass is 316 g/mol. The topological polar surface area (TPSA) is 62.0 Å². The van der Waals surface area contributed by atoms with Crippen molar-refractivity contribution < 1.29 is 14.3 Å². The fourth-order valence-electron chi connectivity index (χ4n) is 2.75. The molecular weight excluding hydrogens is 295 g/mol. The molecular formula is C18H21FN2O2. The van der Waals surface area contributed by atoms with Crippen molar-refractivity contribution in [2.45, 2.75) is 45.4 Å². The molecule has 2 rings (SSSR count). The van der Waals surface area contributed by atoms with Crippen LogP contribution >= 0.6 is 0 Å². The highest BCUT2D eigenvalue weighted by Crippen LogP contribution is 2.38. The number of ketones is 1. The fourth-order valence-corrected chi connectivity index (χ4v) is 2.75. The number of carbonyl (C=O) groups is 1. The van der Waals surface area contributed by atoms with Crippen LogP contribution in [0.3, 0.4) is 0 Å². The standard InChI is InChI=1S/C18H21FN2O2/c1-11(2)13-7-5-6-8-15(13)17(20-4)21-16-14(12(3)22)9-10-18(16,19)23/h5-8,11,23H,4,9-10H2,1-3H3. The number of alkyl halides is 1. The van der Waals surface area contributed by atoms with Crippen LogP contribution in [0.2, 0.25) is 0 Å². The Bertz CT molecular complexity index is 703. The number of nitrogens with zero attached hydrogens (tertiary/aromatic N) is 2. The van der Waals surface area contributed by atoms with E-state index in [0.29, 0.717) is 0 Å². The molecule has 5 heteroatoms. The van der Waals surface area contributed by atoms with Gasteiger partial charge in [-0.15, -0.1) is 0 Å². The molecule has 23 heavy (non-hydrogen) atoms. The molecule has 0 radical (unpaired) electrons. The smallest absolute Gasteiger partial charge is 0.250 e. The molecule has 1 N–H and O–H groups in total. The third-order valence-electron chi connectivity index (χ3n) is 3.97. The number of halogens is 1. The first-order valence-corrected chi connectivity index (χ1v) is 7.58. The number of hydrogen-bond acceptors (Lipinski definition) is 3. The number of hydrogen-bond donors (Lipinski definition) is 1. The lowest BCUT2D eigenvalue weighted by Gasteiger charge is -2.16. The molecule has 0 aliphatic heterocycles. The maximum absolute atomic E-state index is 14.3. The summed E-state index contributed by atoms with van der Waals surface area (Å²) in [5.74, 6) is -2.48. The fraction of sp³-hybridized carbons (Fsp3) is 0.389. The second-order valence-electron chi connectivity index (χ2n) is 5.98. The van der Waals surface area contributed by atoms with Gasteiger partial charge in [-0.25, -0.2) is 14.4 Å². The summed E-state index contributed by atoms with van der Waals surface area (Å²) in [5, 5.41) is 9.90. The van der Waals surface area contributed by atoms with Gasteiger partial charge < -0.3 is 5.11 Å². The number of aliphatic imine (C=N–C) groups is 2. The average Bonchev–Trinajstić information content (AvgIpc) is 2.79. The van der Waals surface area contributed by atoms with Crippen LogP contribution in [0.4, 0.5) is 4.39 Å². The molecule has 4 nitrogen and oxygen atoms in total. The predicted octanol–water partition coefficient (Wildman–Crippen LogP) is 3.55. The van der Waals surface area contributed by atoms with Gasteiger partial charge in [-0.3, -0.25) is 4.79 Å². The molecule has 122 valence electrons. The van der Waals surface area contributed by atoms with Crippen LogP contribution in [0.1, 0.15) is 50.7 Å². The van der Waals surface area contributed by atoms with Crippen molar-refractivity contribution in [3.05, 3.63) is 46.7 Å². The van der Waals surface area contributed by atoms with E-state index in [1.807, 2.05) is 38.1 Å². The van der Waals surface area contributed by atoms with Gasteiger partial charge in [0.05, 0.1) is 0 Å². The Balaban J connectivity index is 2.61. The molecule has 0 saturated heterocycles. The van der Waals surface area contributed by atoms with Gasteiger partial charge in [0, 0.05) is 17.6 Å². The van der Waals surface area contributed by atoms with E-state index in [2.05, 4.69) is 16.7 Å². The molecule has 0 bridgehead atoms. The lowest BCUT2D eigenvalue weighted by atomic mass is 9.96. The molecule has 0 amide bonds. The number of allylic oxidation sites excluding steroid dienone is 1. The maximum atomic E-state index is 14.3. The van der Waals surface area contributed by atoms with E-state index in [-0.39, 0.29) is 41.6 Å². The zero-order chi connectivity index (χ0) is 17.2. The molecule has 0 fully saturated rings. The van der Waals surface area contributed by atoms with Crippen molar-refractivity contribution >= 4 is 18.3 Å². The third-order valence-corrected chi connectivity index (χ3v) is 3.97. The number of benzene rings is 1. The number of carbonyl (C=O) groups excluding carboxylic acids is 1. The Morgan fingerprint density at radius 1 is 1.39 bits per heavy atom. The Morgan fingerprint density at radius 3 is 2.61 bits per heavy atom. The molecule has 0 heterocycles. The minimum Gasteiger partial charge on any atom is -0.357 e. The van der Waals surface area contributed by atoms with Gasteiger partial charge in [0.15, 0.2) is 11.6 Å². The van der Waals surface area contributed by atoms with E-state index in [1.54, 1.807) is 0 Å². The summed E-state index contributed by atoms with van der Waals surface area (Å²) in [4.78, 5) is 19.8. The Morgan fingerprint density at radius 2 is 2.04 bits per heavy atom. The van der Waals surface area contributed by atoms with Crippen LogP contribution in [0.15, 0.2) is 45.5 Å². The summed E-state index contributed by atoms with van der Waals surface area (Å²) < 4.78 is 14.3. The largest absolute Gasteiger partial charge is 0.357 e.